The van der Waals surface area contributed by atoms with Crippen molar-refractivity contribution in [3.63, 3.8) is 0 Å². The first-order valence-corrected chi connectivity index (χ1v) is 11.5. The van der Waals surface area contributed by atoms with E-state index in [-0.39, 0.29) is 40.6 Å². The molecule has 5 rings (SSSR count). The maximum atomic E-state index is 14.4. The molecule has 2 aromatic carbocycles. The Bertz CT molecular complexity index is 1300. The molecule has 0 N–H and O–H groups in total. The highest BCUT2D eigenvalue weighted by Crippen LogP contribution is 2.29. The second kappa shape index (κ2) is 11.2. The number of aryl methyl sites for hydroxylation is 1. The number of oxazole rings is 1. The SMILES string of the molecule is CC(Cc1ccc(F)cc1)c1nnc(-c2cc(C(=O)N3CCCC3)cc(F)c2F)o1.Cc1cocn1. The lowest BCUT2D eigenvalue weighted by Gasteiger charge is -2.15. The molecule has 0 saturated carbocycles. The van der Waals surface area contributed by atoms with Gasteiger partial charge in [0.05, 0.1) is 11.3 Å². The first-order valence-electron chi connectivity index (χ1n) is 11.5. The zero-order chi connectivity index (χ0) is 25.7. The van der Waals surface area contributed by atoms with Gasteiger partial charge in [-0.1, -0.05) is 19.1 Å². The summed E-state index contributed by atoms with van der Waals surface area (Å²) in [5, 5.41) is 7.81. The van der Waals surface area contributed by atoms with Gasteiger partial charge in [-0.3, -0.25) is 4.79 Å². The summed E-state index contributed by atoms with van der Waals surface area (Å²) in [6.45, 7) is 4.91. The van der Waals surface area contributed by atoms with Gasteiger partial charge in [-0.05, 0) is 56.0 Å². The van der Waals surface area contributed by atoms with Gasteiger partial charge in [-0.15, -0.1) is 10.2 Å². The van der Waals surface area contributed by atoms with Crippen LogP contribution in [0.25, 0.3) is 11.5 Å². The lowest BCUT2D eigenvalue weighted by Crippen LogP contribution is -2.27. The van der Waals surface area contributed by atoms with Crippen LogP contribution in [0.2, 0.25) is 0 Å². The molecule has 2 aromatic heterocycles. The Balaban J connectivity index is 0.000000445. The Labute approximate surface area is 206 Å². The number of likely N-dealkylation sites (tertiary alicyclic amines) is 1. The molecule has 1 fully saturated rings. The predicted molar refractivity (Wildman–Crippen MR) is 125 cm³/mol. The number of nitrogens with zero attached hydrogens (tertiary/aromatic N) is 4. The highest BCUT2D eigenvalue weighted by Gasteiger charge is 2.25. The van der Waals surface area contributed by atoms with E-state index >= 15 is 0 Å². The van der Waals surface area contributed by atoms with Crippen LogP contribution < -0.4 is 0 Å². The third-order valence-electron chi connectivity index (χ3n) is 5.77. The molecule has 10 heteroatoms. The van der Waals surface area contributed by atoms with E-state index in [1.165, 1.54) is 24.6 Å². The lowest BCUT2D eigenvalue weighted by molar-refractivity contribution is 0.0792. The van der Waals surface area contributed by atoms with Crippen molar-refractivity contribution < 1.29 is 26.8 Å². The first kappa shape index (κ1) is 25.2. The van der Waals surface area contributed by atoms with Crippen LogP contribution in [0, 0.1) is 24.4 Å². The van der Waals surface area contributed by atoms with Crippen LogP contribution in [0.5, 0.6) is 0 Å². The van der Waals surface area contributed by atoms with Gasteiger partial charge in [0.2, 0.25) is 5.89 Å². The van der Waals surface area contributed by atoms with Gasteiger partial charge in [0, 0.05) is 24.6 Å². The van der Waals surface area contributed by atoms with Crippen molar-refractivity contribution in [3.8, 4) is 11.5 Å². The van der Waals surface area contributed by atoms with Crippen molar-refractivity contribution >= 4 is 5.91 Å². The van der Waals surface area contributed by atoms with Crippen molar-refractivity contribution in [1.29, 1.82) is 0 Å². The second-order valence-electron chi connectivity index (χ2n) is 8.63. The van der Waals surface area contributed by atoms with E-state index in [0.29, 0.717) is 19.5 Å². The molecule has 1 aliphatic rings. The molecule has 1 atom stereocenters. The molecule has 4 aromatic rings. The average Bonchev–Trinajstić information content (AvgIpc) is 3.65. The van der Waals surface area contributed by atoms with Crippen LogP contribution in [0.3, 0.4) is 0 Å². The first-order chi connectivity index (χ1) is 17.3. The molecule has 1 unspecified atom stereocenters. The van der Waals surface area contributed by atoms with Crippen molar-refractivity contribution in [2.45, 2.75) is 39.0 Å². The number of halogens is 3. The third kappa shape index (κ3) is 5.99. The average molecular weight is 499 g/mol. The van der Waals surface area contributed by atoms with E-state index in [1.54, 1.807) is 23.3 Å². The Morgan fingerprint density at radius 1 is 1.08 bits per heavy atom. The molecular weight excluding hydrogens is 473 g/mol. The summed E-state index contributed by atoms with van der Waals surface area (Å²) in [5.41, 5.74) is 1.60. The van der Waals surface area contributed by atoms with E-state index < -0.39 is 11.6 Å². The molecule has 0 aliphatic carbocycles. The van der Waals surface area contributed by atoms with Crippen molar-refractivity contribution in [1.82, 2.24) is 20.1 Å². The topological polar surface area (TPSA) is 85.3 Å². The zero-order valence-electron chi connectivity index (χ0n) is 19.9. The van der Waals surface area contributed by atoms with Crippen LogP contribution in [0.1, 0.15) is 53.2 Å². The summed E-state index contributed by atoms with van der Waals surface area (Å²) in [4.78, 5) is 17.9. The second-order valence-corrected chi connectivity index (χ2v) is 8.63. The Kier molecular flexibility index (Phi) is 7.82. The molecule has 1 amide bonds. The van der Waals surface area contributed by atoms with E-state index in [4.69, 9.17) is 4.42 Å². The summed E-state index contributed by atoms with van der Waals surface area (Å²) in [5.74, 6) is -3.14. The highest BCUT2D eigenvalue weighted by molar-refractivity contribution is 5.95. The third-order valence-corrected chi connectivity index (χ3v) is 5.77. The number of carbonyl (C=O) groups excluding carboxylic acids is 1. The maximum absolute atomic E-state index is 14.4. The van der Waals surface area contributed by atoms with Gasteiger partial charge in [-0.25, -0.2) is 18.2 Å². The van der Waals surface area contributed by atoms with E-state index in [0.717, 1.165) is 30.2 Å². The summed E-state index contributed by atoms with van der Waals surface area (Å²) >= 11 is 0. The number of aromatic nitrogens is 3. The van der Waals surface area contributed by atoms with Crippen LogP contribution >= 0.6 is 0 Å². The van der Waals surface area contributed by atoms with Gasteiger partial charge in [0.15, 0.2) is 18.0 Å². The minimum Gasteiger partial charge on any atom is -0.452 e. The molecular formula is C26H25F3N4O3. The molecule has 188 valence electrons. The quantitative estimate of drug-likeness (QED) is 0.350. The highest BCUT2D eigenvalue weighted by atomic mass is 19.2. The minimum absolute atomic E-state index is 0.0462. The fraction of sp³-hybridized carbons (Fsp3) is 0.308. The number of benzene rings is 2. The molecule has 1 aliphatic heterocycles. The smallest absolute Gasteiger partial charge is 0.253 e. The minimum atomic E-state index is -1.14. The van der Waals surface area contributed by atoms with Gasteiger partial charge < -0.3 is 13.7 Å². The normalized spacial score (nSPS) is 13.9. The van der Waals surface area contributed by atoms with Crippen LogP contribution in [0.15, 0.2) is 57.9 Å². The van der Waals surface area contributed by atoms with Gasteiger partial charge >= 0.3 is 0 Å². The van der Waals surface area contributed by atoms with Crippen molar-refractivity contribution in [3.05, 3.63) is 89.2 Å². The maximum Gasteiger partial charge on any atom is 0.253 e. The molecule has 7 nitrogen and oxygen atoms in total. The Morgan fingerprint density at radius 3 is 2.42 bits per heavy atom. The largest absolute Gasteiger partial charge is 0.452 e. The number of hydrogen-bond donors (Lipinski definition) is 0. The van der Waals surface area contributed by atoms with E-state index in [9.17, 15) is 18.0 Å². The predicted octanol–water partition coefficient (Wildman–Crippen LogP) is 5.72. The number of hydrogen-bond acceptors (Lipinski definition) is 6. The molecule has 0 bridgehead atoms. The molecule has 36 heavy (non-hydrogen) atoms. The van der Waals surface area contributed by atoms with Crippen molar-refractivity contribution in [2.24, 2.45) is 0 Å². The molecule has 3 heterocycles. The Hall–Kier alpha value is -3.95. The fourth-order valence-corrected chi connectivity index (χ4v) is 3.85. The van der Waals surface area contributed by atoms with Gasteiger partial charge in [0.25, 0.3) is 11.8 Å². The number of amides is 1. The standard InChI is InChI=1S/C22H20F3N3O2.C4H5NO/c1-13(10-14-4-6-16(23)7-5-14)20-26-27-21(30-20)17-11-15(12-18(24)19(17)25)22(29)28-8-2-3-9-28;1-4-2-6-3-5-4/h4-7,11-13H,2-3,8-10H2,1H3;2-3H,1H3. The van der Waals surface area contributed by atoms with E-state index in [1.807, 2.05) is 13.8 Å². The van der Waals surface area contributed by atoms with Crippen molar-refractivity contribution in [2.75, 3.05) is 13.1 Å². The van der Waals surface area contributed by atoms with Gasteiger partial charge in [-0.2, -0.15) is 0 Å². The molecule has 0 spiro atoms. The van der Waals surface area contributed by atoms with Crippen LogP contribution in [0.4, 0.5) is 13.2 Å². The zero-order valence-corrected chi connectivity index (χ0v) is 19.9. The van der Waals surface area contributed by atoms with E-state index in [2.05, 4.69) is 19.6 Å². The molecule has 1 saturated heterocycles. The van der Waals surface area contributed by atoms with Gasteiger partial charge in [0.1, 0.15) is 12.1 Å². The summed E-state index contributed by atoms with van der Waals surface area (Å²) in [6, 6.07) is 8.19. The fourth-order valence-electron chi connectivity index (χ4n) is 3.85. The van der Waals surface area contributed by atoms with Crippen LogP contribution in [-0.2, 0) is 6.42 Å². The summed E-state index contributed by atoms with van der Waals surface area (Å²) in [6.07, 6.45) is 5.30. The lowest BCUT2D eigenvalue weighted by atomic mass is 10.0. The molecule has 0 radical (unpaired) electrons. The van der Waals surface area contributed by atoms with Crippen LogP contribution in [-0.4, -0.2) is 39.1 Å². The number of carbonyl (C=O) groups is 1. The Morgan fingerprint density at radius 2 is 1.81 bits per heavy atom. The summed E-state index contributed by atoms with van der Waals surface area (Å²) < 4.78 is 51.9. The monoisotopic (exact) mass is 498 g/mol. The number of rotatable bonds is 5. The summed E-state index contributed by atoms with van der Waals surface area (Å²) in [7, 11) is 0.